The summed E-state index contributed by atoms with van der Waals surface area (Å²) in [4.78, 5) is 0. The zero-order valence-corrected chi connectivity index (χ0v) is 8.60. The van der Waals surface area contributed by atoms with Crippen molar-refractivity contribution in [3.05, 3.63) is 35.6 Å². The van der Waals surface area contributed by atoms with Gasteiger partial charge in [0.05, 0.1) is 0 Å². The van der Waals surface area contributed by atoms with E-state index in [0.29, 0.717) is 0 Å². The monoisotopic (exact) mass is 180 g/mol. The Labute approximate surface area is 79.8 Å². The second kappa shape index (κ2) is 3.91. The molecule has 0 atom stereocenters. The molecule has 1 aromatic carbocycles. The van der Waals surface area contributed by atoms with Crippen LogP contribution in [0.3, 0.4) is 0 Å². The van der Waals surface area contributed by atoms with Gasteiger partial charge in [0.1, 0.15) is 5.82 Å². The van der Waals surface area contributed by atoms with Gasteiger partial charge in [-0.1, -0.05) is 32.9 Å². The summed E-state index contributed by atoms with van der Waals surface area (Å²) in [6.07, 6.45) is 2.10. The topological polar surface area (TPSA) is 0 Å². The number of benzene rings is 1. The Morgan fingerprint density at radius 1 is 1.23 bits per heavy atom. The average Bonchev–Trinajstić information content (AvgIpc) is 2.17. The summed E-state index contributed by atoms with van der Waals surface area (Å²) >= 11 is 0. The van der Waals surface area contributed by atoms with E-state index in [9.17, 15) is 4.39 Å². The van der Waals surface area contributed by atoms with Crippen molar-refractivity contribution >= 4 is 0 Å². The van der Waals surface area contributed by atoms with E-state index in [-0.39, 0.29) is 11.2 Å². The fourth-order valence-corrected chi connectivity index (χ4v) is 1.52. The quantitative estimate of drug-likeness (QED) is 0.661. The van der Waals surface area contributed by atoms with Crippen molar-refractivity contribution in [1.29, 1.82) is 0 Å². The van der Waals surface area contributed by atoms with E-state index in [0.717, 1.165) is 18.4 Å². The molecule has 0 saturated heterocycles. The highest BCUT2D eigenvalue weighted by Crippen LogP contribution is 2.30. The highest BCUT2D eigenvalue weighted by Gasteiger charge is 2.22. The molecule has 1 heteroatoms. The minimum atomic E-state index is -0.134. The molecule has 1 aromatic rings. The lowest BCUT2D eigenvalue weighted by molar-refractivity contribution is 0.436. The Bertz CT molecular complexity index is 274. The smallest absolute Gasteiger partial charge is 0.123 e. The highest BCUT2D eigenvalue weighted by atomic mass is 19.1. The average molecular weight is 180 g/mol. The van der Waals surface area contributed by atoms with Crippen molar-refractivity contribution in [3.8, 4) is 0 Å². The molecule has 0 amide bonds. The van der Waals surface area contributed by atoms with Crippen LogP contribution in [0.15, 0.2) is 24.3 Å². The molecule has 0 fully saturated rings. The second-order valence-corrected chi connectivity index (χ2v) is 3.78. The summed E-state index contributed by atoms with van der Waals surface area (Å²) in [5, 5.41) is 0. The van der Waals surface area contributed by atoms with Gasteiger partial charge >= 0.3 is 0 Å². The Balaban J connectivity index is 3.05. The molecule has 1 rings (SSSR count). The highest BCUT2D eigenvalue weighted by molar-refractivity contribution is 5.24. The van der Waals surface area contributed by atoms with Crippen LogP contribution in [0.1, 0.15) is 39.2 Å². The zero-order chi connectivity index (χ0) is 9.90. The minimum absolute atomic E-state index is 0.127. The Morgan fingerprint density at radius 3 is 2.31 bits per heavy atom. The van der Waals surface area contributed by atoms with Crippen LogP contribution >= 0.6 is 0 Å². The Morgan fingerprint density at radius 2 is 1.85 bits per heavy atom. The first-order valence-electron chi connectivity index (χ1n) is 4.88. The van der Waals surface area contributed by atoms with Gasteiger partial charge in [-0.15, -0.1) is 0 Å². The van der Waals surface area contributed by atoms with Crippen LogP contribution in [0.5, 0.6) is 0 Å². The maximum absolute atomic E-state index is 13.0. The van der Waals surface area contributed by atoms with Gasteiger partial charge < -0.3 is 0 Å². The molecule has 0 aromatic heterocycles. The fraction of sp³-hybridized carbons (Fsp3) is 0.500. The first-order chi connectivity index (χ1) is 6.12. The van der Waals surface area contributed by atoms with Crippen molar-refractivity contribution in [1.82, 2.24) is 0 Å². The molecule has 72 valence electrons. The normalized spacial score (nSPS) is 11.7. The van der Waals surface area contributed by atoms with Crippen molar-refractivity contribution in [2.24, 2.45) is 0 Å². The van der Waals surface area contributed by atoms with Crippen LogP contribution in [0.2, 0.25) is 0 Å². The number of hydrogen-bond donors (Lipinski definition) is 0. The third-order valence-corrected chi connectivity index (χ3v) is 3.08. The van der Waals surface area contributed by atoms with Gasteiger partial charge in [-0.3, -0.25) is 0 Å². The van der Waals surface area contributed by atoms with E-state index in [4.69, 9.17) is 0 Å². The first kappa shape index (κ1) is 10.2. The third-order valence-electron chi connectivity index (χ3n) is 3.08. The minimum Gasteiger partial charge on any atom is -0.207 e. The van der Waals surface area contributed by atoms with Crippen LogP contribution in [0.4, 0.5) is 4.39 Å². The van der Waals surface area contributed by atoms with Crippen LogP contribution in [0, 0.1) is 5.82 Å². The number of halogens is 1. The van der Waals surface area contributed by atoms with E-state index < -0.39 is 0 Å². The summed E-state index contributed by atoms with van der Waals surface area (Å²) in [5.74, 6) is -0.134. The van der Waals surface area contributed by atoms with Gasteiger partial charge in [0.25, 0.3) is 0 Å². The van der Waals surface area contributed by atoms with Gasteiger partial charge in [-0.2, -0.15) is 0 Å². The summed E-state index contributed by atoms with van der Waals surface area (Å²) in [6.45, 7) is 6.48. The lowest BCUT2D eigenvalue weighted by Gasteiger charge is -2.27. The molecular weight excluding hydrogens is 163 g/mol. The van der Waals surface area contributed by atoms with E-state index >= 15 is 0 Å². The van der Waals surface area contributed by atoms with Crippen LogP contribution in [-0.2, 0) is 5.41 Å². The summed E-state index contributed by atoms with van der Waals surface area (Å²) < 4.78 is 13.0. The molecule has 0 heterocycles. The molecule has 0 radical (unpaired) electrons. The molecule has 0 aliphatic rings. The predicted octanol–water partition coefficient (Wildman–Crippen LogP) is 3.90. The first-order valence-corrected chi connectivity index (χ1v) is 4.88. The van der Waals surface area contributed by atoms with Gasteiger partial charge in [-0.25, -0.2) is 4.39 Å². The van der Waals surface area contributed by atoms with Crippen molar-refractivity contribution in [2.75, 3.05) is 0 Å². The molecule has 0 nitrogen and oxygen atoms in total. The molecule has 0 aliphatic carbocycles. The van der Waals surface area contributed by atoms with E-state index in [1.807, 2.05) is 6.07 Å². The van der Waals surface area contributed by atoms with Gasteiger partial charge in [0.15, 0.2) is 0 Å². The van der Waals surface area contributed by atoms with Gasteiger partial charge in [0, 0.05) is 0 Å². The maximum atomic E-state index is 13.0. The Hall–Kier alpha value is -0.850. The summed E-state index contributed by atoms with van der Waals surface area (Å²) in [6, 6.07) is 6.94. The SMILES string of the molecule is CCC(C)(CC)c1cccc(F)c1. The summed E-state index contributed by atoms with van der Waals surface area (Å²) in [7, 11) is 0. The van der Waals surface area contributed by atoms with Crippen molar-refractivity contribution in [2.45, 2.75) is 39.0 Å². The van der Waals surface area contributed by atoms with E-state index in [1.54, 1.807) is 12.1 Å². The molecule has 0 aliphatic heterocycles. The Kier molecular flexibility index (Phi) is 3.07. The van der Waals surface area contributed by atoms with Crippen LogP contribution < -0.4 is 0 Å². The van der Waals surface area contributed by atoms with Crippen LogP contribution in [-0.4, -0.2) is 0 Å². The lowest BCUT2D eigenvalue weighted by atomic mass is 9.78. The molecule has 0 spiro atoms. The molecule has 0 N–H and O–H groups in total. The molecular formula is C12H17F. The van der Waals surface area contributed by atoms with E-state index in [2.05, 4.69) is 20.8 Å². The molecule has 0 bridgehead atoms. The van der Waals surface area contributed by atoms with Gasteiger partial charge in [-0.05, 0) is 36.0 Å². The number of hydrogen-bond acceptors (Lipinski definition) is 0. The predicted molar refractivity (Wildman–Crippen MR) is 54.3 cm³/mol. The lowest BCUT2D eigenvalue weighted by Crippen LogP contribution is -2.19. The molecule has 0 saturated carbocycles. The van der Waals surface area contributed by atoms with Gasteiger partial charge in [0.2, 0.25) is 0 Å². The second-order valence-electron chi connectivity index (χ2n) is 3.78. The fourth-order valence-electron chi connectivity index (χ4n) is 1.52. The van der Waals surface area contributed by atoms with Crippen molar-refractivity contribution < 1.29 is 4.39 Å². The van der Waals surface area contributed by atoms with Crippen LogP contribution in [0.25, 0.3) is 0 Å². The molecule has 0 unspecified atom stereocenters. The van der Waals surface area contributed by atoms with E-state index in [1.165, 1.54) is 6.07 Å². The molecule has 13 heavy (non-hydrogen) atoms. The zero-order valence-electron chi connectivity index (χ0n) is 8.60. The summed E-state index contributed by atoms with van der Waals surface area (Å²) in [5.41, 5.74) is 1.24. The largest absolute Gasteiger partial charge is 0.207 e. The third kappa shape index (κ3) is 2.09. The maximum Gasteiger partial charge on any atom is 0.123 e. The van der Waals surface area contributed by atoms with Crippen molar-refractivity contribution in [3.63, 3.8) is 0 Å². The standard InChI is InChI=1S/C12H17F/c1-4-12(3,5-2)10-7-6-8-11(13)9-10/h6-9H,4-5H2,1-3H3. The number of rotatable bonds is 3.